The molecule has 4 rings (SSSR count). The Hall–Kier alpha value is -3.04. The summed E-state index contributed by atoms with van der Waals surface area (Å²) < 4.78 is 5.55. The van der Waals surface area contributed by atoms with Gasteiger partial charge in [-0.25, -0.2) is 5.01 Å². The van der Waals surface area contributed by atoms with Gasteiger partial charge in [0.05, 0.1) is 21.6 Å². The van der Waals surface area contributed by atoms with Crippen molar-refractivity contribution in [2.24, 2.45) is 5.10 Å². The number of hydrogen-bond acceptors (Lipinski definition) is 7. The molecule has 1 atom stereocenters. The molecule has 3 aromatic rings. The third kappa shape index (κ3) is 3.92. The summed E-state index contributed by atoms with van der Waals surface area (Å²) >= 11 is 3.15. The zero-order chi connectivity index (χ0) is 20.4. The van der Waals surface area contributed by atoms with Crippen LogP contribution in [0.15, 0.2) is 58.3 Å². The number of hydrazone groups is 1. The Morgan fingerprint density at radius 2 is 2.03 bits per heavy atom. The third-order valence-electron chi connectivity index (χ3n) is 4.58. The van der Waals surface area contributed by atoms with Crippen molar-refractivity contribution in [1.29, 1.82) is 0 Å². The summed E-state index contributed by atoms with van der Waals surface area (Å²) in [5, 5.41) is 21.3. The monoisotopic (exact) mass is 427 g/mol. The number of carbonyl (C=O) groups excluding carboxylic acids is 1. The van der Waals surface area contributed by atoms with Gasteiger partial charge in [-0.15, -0.1) is 22.7 Å². The Morgan fingerprint density at radius 3 is 2.72 bits per heavy atom. The maximum atomic E-state index is 12.9. The number of benzene rings is 1. The second-order valence-corrected chi connectivity index (χ2v) is 8.39. The van der Waals surface area contributed by atoms with E-state index in [0.29, 0.717) is 12.0 Å². The van der Waals surface area contributed by atoms with Gasteiger partial charge in [0.25, 0.3) is 5.91 Å². The van der Waals surface area contributed by atoms with Crippen molar-refractivity contribution in [2.75, 3.05) is 6.61 Å². The van der Waals surface area contributed by atoms with Crippen LogP contribution in [-0.2, 0) is 4.79 Å². The van der Waals surface area contributed by atoms with E-state index in [9.17, 15) is 14.9 Å². The first-order chi connectivity index (χ1) is 14.0. The summed E-state index contributed by atoms with van der Waals surface area (Å²) in [5.41, 5.74) is 1.21. The fourth-order valence-corrected chi connectivity index (χ4v) is 4.76. The van der Waals surface area contributed by atoms with Crippen LogP contribution in [0.4, 0.5) is 5.69 Å². The standard InChI is InChI=1S/C20H17N3O4S2/c1-13-5-2-6-16(20(13)23(25)26)27-12-19(24)22-15(18-8-4-10-29-18)11-14(21-22)17-7-3-9-28-17/h2-10,15H,11-12H2,1H3. The Morgan fingerprint density at radius 1 is 1.24 bits per heavy atom. The molecule has 0 N–H and O–H groups in total. The van der Waals surface area contributed by atoms with E-state index < -0.39 is 4.92 Å². The second kappa shape index (κ2) is 8.14. The molecule has 1 amide bonds. The fraction of sp³-hybridized carbons (Fsp3) is 0.200. The molecule has 7 nitrogen and oxygen atoms in total. The molecule has 0 bridgehead atoms. The highest BCUT2D eigenvalue weighted by molar-refractivity contribution is 7.12. The van der Waals surface area contributed by atoms with Gasteiger partial charge >= 0.3 is 5.69 Å². The van der Waals surface area contributed by atoms with Gasteiger partial charge in [-0.2, -0.15) is 5.10 Å². The number of nitro benzene ring substituents is 1. The number of ether oxygens (including phenoxy) is 1. The van der Waals surface area contributed by atoms with Crippen molar-refractivity contribution in [1.82, 2.24) is 5.01 Å². The van der Waals surface area contributed by atoms with Gasteiger partial charge in [-0.05, 0) is 35.9 Å². The highest BCUT2D eigenvalue weighted by atomic mass is 32.1. The average Bonchev–Trinajstić information content (AvgIpc) is 3.46. The van der Waals surface area contributed by atoms with Crippen LogP contribution >= 0.6 is 22.7 Å². The molecule has 1 unspecified atom stereocenters. The molecule has 1 aromatic carbocycles. The van der Waals surface area contributed by atoms with E-state index in [2.05, 4.69) is 5.10 Å². The number of amides is 1. The predicted molar refractivity (Wildman–Crippen MR) is 113 cm³/mol. The molecule has 1 aliphatic heterocycles. The van der Waals surface area contributed by atoms with Gasteiger partial charge in [0.2, 0.25) is 0 Å². The number of nitro groups is 1. The number of carbonyl (C=O) groups is 1. The van der Waals surface area contributed by atoms with E-state index in [0.717, 1.165) is 15.5 Å². The summed E-state index contributed by atoms with van der Waals surface area (Å²) in [6.45, 7) is 1.31. The van der Waals surface area contributed by atoms with Gasteiger partial charge in [-0.1, -0.05) is 24.3 Å². The van der Waals surface area contributed by atoms with Crippen molar-refractivity contribution >= 4 is 40.0 Å². The highest BCUT2D eigenvalue weighted by Gasteiger charge is 2.34. The molecular formula is C20H17N3O4S2. The minimum absolute atomic E-state index is 0.0812. The molecule has 2 aromatic heterocycles. The maximum Gasteiger partial charge on any atom is 0.313 e. The number of aryl methyl sites for hydroxylation is 1. The maximum absolute atomic E-state index is 12.9. The zero-order valence-corrected chi connectivity index (χ0v) is 17.1. The van der Waals surface area contributed by atoms with Crippen LogP contribution in [0.1, 0.15) is 27.8 Å². The molecule has 0 fully saturated rings. The van der Waals surface area contributed by atoms with Crippen molar-refractivity contribution in [3.05, 3.63) is 78.7 Å². The first-order valence-electron chi connectivity index (χ1n) is 8.88. The van der Waals surface area contributed by atoms with Gasteiger partial charge < -0.3 is 4.74 Å². The highest BCUT2D eigenvalue weighted by Crippen LogP contribution is 2.36. The van der Waals surface area contributed by atoms with Crippen molar-refractivity contribution in [2.45, 2.75) is 19.4 Å². The quantitative estimate of drug-likeness (QED) is 0.418. The molecule has 0 saturated heterocycles. The van der Waals surface area contributed by atoms with Gasteiger partial charge in [0.15, 0.2) is 12.4 Å². The largest absolute Gasteiger partial charge is 0.477 e. The minimum Gasteiger partial charge on any atom is -0.477 e. The Labute approximate surface area is 175 Å². The van der Waals surface area contributed by atoms with Crippen LogP contribution in [0.5, 0.6) is 5.75 Å². The fourth-order valence-electron chi connectivity index (χ4n) is 3.22. The van der Waals surface area contributed by atoms with E-state index in [1.807, 2.05) is 35.0 Å². The number of thiophene rings is 2. The van der Waals surface area contributed by atoms with Crippen LogP contribution in [0.25, 0.3) is 0 Å². The molecule has 0 spiro atoms. The second-order valence-electron chi connectivity index (χ2n) is 6.47. The topological polar surface area (TPSA) is 85.0 Å². The lowest BCUT2D eigenvalue weighted by molar-refractivity contribution is -0.386. The van der Waals surface area contributed by atoms with E-state index in [1.54, 1.807) is 41.7 Å². The van der Waals surface area contributed by atoms with Crippen LogP contribution in [-0.4, -0.2) is 28.2 Å². The lowest BCUT2D eigenvalue weighted by Gasteiger charge is -2.20. The number of para-hydroxylation sites is 1. The number of hydrogen-bond donors (Lipinski definition) is 0. The van der Waals surface area contributed by atoms with E-state index in [1.165, 1.54) is 11.1 Å². The summed E-state index contributed by atoms with van der Waals surface area (Å²) in [6, 6.07) is 12.5. The van der Waals surface area contributed by atoms with E-state index in [4.69, 9.17) is 4.74 Å². The van der Waals surface area contributed by atoms with Crippen LogP contribution in [0.2, 0.25) is 0 Å². The SMILES string of the molecule is Cc1cccc(OCC(=O)N2N=C(c3cccs3)CC2c2cccs2)c1[N+](=O)[O-]. The van der Waals surface area contributed by atoms with E-state index >= 15 is 0 Å². The Bertz CT molecular complexity index is 1060. The van der Waals surface area contributed by atoms with Crippen LogP contribution in [0, 0.1) is 17.0 Å². The van der Waals surface area contributed by atoms with Gasteiger partial charge in [0.1, 0.15) is 0 Å². The molecule has 29 heavy (non-hydrogen) atoms. The summed E-state index contributed by atoms with van der Waals surface area (Å²) in [5.74, 6) is -0.261. The number of rotatable bonds is 6. The van der Waals surface area contributed by atoms with Crippen molar-refractivity contribution in [3.8, 4) is 5.75 Å². The summed E-state index contributed by atoms with van der Waals surface area (Å²) in [6.07, 6.45) is 0.622. The zero-order valence-electron chi connectivity index (χ0n) is 15.5. The number of nitrogens with zero attached hydrogens (tertiary/aromatic N) is 3. The normalized spacial score (nSPS) is 16.0. The smallest absolute Gasteiger partial charge is 0.313 e. The molecule has 1 aliphatic rings. The first kappa shape index (κ1) is 19.3. The lowest BCUT2D eigenvalue weighted by Crippen LogP contribution is -2.31. The minimum atomic E-state index is -0.494. The van der Waals surface area contributed by atoms with Gasteiger partial charge in [-0.3, -0.25) is 14.9 Å². The molecule has 9 heteroatoms. The Kier molecular flexibility index (Phi) is 5.41. The van der Waals surface area contributed by atoms with Crippen molar-refractivity contribution < 1.29 is 14.5 Å². The molecule has 0 saturated carbocycles. The molecule has 3 heterocycles. The predicted octanol–water partition coefficient (Wildman–Crippen LogP) is 4.78. The van der Waals surface area contributed by atoms with Crippen molar-refractivity contribution in [3.63, 3.8) is 0 Å². The molecular weight excluding hydrogens is 410 g/mol. The van der Waals surface area contributed by atoms with Crippen LogP contribution in [0.3, 0.4) is 0 Å². The summed E-state index contributed by atoms with van der Waals surface area (Å²) in [7, 11) is 0. The summed E-state index contributed by atoms with van der Waals surface area (Å²) in [4.78, 5) is 25.8. The first-order valence-corrected chi connectivity index (χ1v) is 10.6. The molecule has 148 valence electrons. The van der Waals surface area contributed by atoms with E-state index in [-0.39, 0.29) is 30.0 Å². The lowest BCUT2D eigenvalue weighted by atomic mass is 10.1. The molecule has 0 aliphatic carbocycles. The molecule has 0 radical (unpaired) electrons. The average molecular weight is 428 g/mol. The van der Waals surface area contributed by atoms with Gasteiger partial charge in [0, 0.05) is 16.9 Å². The third-order valence-corrected chi connectivity index (χ3v) is 6.47. The van der Waals surface area contributed by atoms with Crippen LogP contribution < -0.4 is 4.74 Å². The Balaban J connectivity index is 1.56.